The predicted octanol–water partition coefficient (Wildman–Crippen LogP) is 1.79. The van der Waals surface area contributed by atoms with Crippen LogP contribution < -0.4 is 5.73 Å². The summed E-state index contributed by atoms with van der Waals surface area (Å²) in [6.07, 6.45) is 8.48. The van der Waals surface area contributed by atoms with Gasteiger partial charge in [-0.05, 0) is 37.8 Å². The highest BCUT2D eigenvalue weighted by molar-refractivity contribution is 5.37. The molecule has 0 saturated heterocycles. The van der Waals surface area contributed by atoms with Crippen molar-refractivity contribution in [3.05, 3.63) is 41.7 Å². The van der Waals surface area contributed by atoms with Crippen molar-refractivity contribution in [2.45, 2.75) is 32.2 Å². The maximum Gasteiger partial charge on any atom is 0.0955 e. The zero-order chi connectivity index (χ0) is 11.7. The van der Waals surface area contributed by atoms with Crippen LogP contribution in [0.3, 0.4) is 0 Å². The first-order chi connectivity index (χ1) is 8.33. The molecule has 0 bridgehead atoms. The van der Waals surface area contributed by atoms with Crippen LogP contribution in [0.25, 0.3) is 0 Å². The van der Waals surface area contributed by atoms with Gasteiger partial charge in [-0.3, -0.25) is 4.98 Å². The largest absolute Gasteiger partial charge is 0.399 e. The Hall–Kier alpha value is -1.84. The van der Waals surface area contributed by atoms with E-state index in [1.54, 1.807) is 6.20 Å². The van der Waals surface area contributed by atoms with E-state index in [2.05, 4.69) is 14.5 Å². The van der Waals surface area contributed by atoms with E-state index in [1.165, 1.54) is 24.2 Å². The quantitative estimate of drug-likeness (QED) is 0.852. The molecule has 1 aliphatic carbocycles. The van der Waals surface area contributed by atoms with Crippen LogP contribution in [0.4, 0.5) is 5.69 Å². The van der Waals surface area contributed by atoms with E-state index < -0.39 is 0 Å². The Kier molecular flexibility index (Phi) is 2.55. The highest BCUT2D eigenvalue weighted by atomic mass is 15.1. The van der Waals surface area contributed by atoms with Gasteiger partial charge in [0.25, 0.3) is 0 Å². The number of hydrogen-bond donors (Lipinski definition) is 1. The van der Waals surface area contributed by atoms with Crippen molar-refractivity contribution in [3.8, 4) is 0 Å². The van der Waals surface area contributed by atoms with Gasteiger partial charge in [-0.15, -0.1) is 0 Å². The normalized spacial score (nSPS) is 14.6. The fourth-order valence-corrected chi connectivity index (χ4v) is 2.43. The minimum absolute atomic E-state index is 0.768. The second-order valence-electron chi connectivity index (χ2n) is 4.55. The molecule has 0 aromatic carbocycles. The fourth-order valence-electron chi connectivity index (χ4n) is 2.43. The molecule has 0 unspecified atom stereocenters. The Morgan fingerprint density at radius 3 is 3.00 bits per heavy atom. The van der Waals surface area contributed by atoms with Crippen molar-refractivity contribution >= 4 is 5.69 Å². The topological polar surface area (TPSA) is 56.7 Å². The molecule has 3 rings (SSSR count). The van der Waals surface area contributed by atoms with Gasteiger partial charge in [0.2, 0.25) is 0 Å². The molecule has 2 aromatic heterocycles. The van der Waals surface area contributed by atoms with Crippen molar-refractivity contribution in [1.82, 2.24) is 14.5 Å². The van der Waals surface area contributed by atoms with Crippen molar-refractivity contribution in [2.75, 3.05) is 5.73 Å². The molecular formula is C13H16N4. The Morgan fingerprint density at radius 1 is 1.24 bits per heavy atom. The zero-order valence-corrected chi connectivity index (χ0v) is 9.76. The second kappa shape index (κ2) is 4.20. The van der Waals surface area contributed by atoms with Gasteiger partial charge in [0.15, 0.2) is 0 Å². The number of nitrogen functional groups attached to an aromatic ring is 1. The third-order valence-corrected chi connectivity index (χ3v) is 3.28. The van der Waals surface area contributed by atoms with E-state index in [-0.39, 0.29) is 0 Å². The summed E-state index contributed by atoms with van der Waals surface area (Å²) in [7, 11) is 0. The van der Waals surface area contributed by atoms with E-state index in [1.807, 2.05) is 18.5 Å². The van der Waals surface area contributed by atoms with Crippen LogP contribution in [-0.4, -0.2) is 14.5 Å². The second-order valence-corrected chi connectivity index (χ2v) is 4.55. The Labute approximate surface area is 101 Å². The lowest BCUT2D eigenvalue weighted by Gasteiger charge is -2.13. The number of fused-ring (bicyclic) bond motifs is 1. The van der Waals surface area contributed by atoms with E-state index in [4.69, 9.17) is 5.73 Å². The minimum Gasteiger partial charge on any atom is -0.399 e. The number of hydrogen-bond acceptors (Lipinski definition) is 3. The summed E-state index contributed by atoms with van der Waals surface area (Å²) in [4.78, 5) is 8.81. The third-order valence-electron chi connectivity index (χ3n) is 3.28. The number of aromatic nitrogens is 3. The molecule has 4 nitrogen and oxygen atoms in total. The molecule has 0 fully saturated rings. The molecule has 0 spiro atoms. The molecule has 17 heavy (non-hydrogen) atoms. The average molecular weight is 228 g/mol. The maximum absolute atomic E-state index is 5.76. The fraction of sp³-hybridized carbons (Fsp3) is 0.385. The lowest BCUT2D eigenvalue weighted by atomic mass is 10.0. The standard InChI is InChI=1S/C13H16N4/c14-10-5-6-15-11(7-10)8-17-9-16-12-3-1-2-4-13(12)17/h5-7,9H,1-4,8H2,(H2,14,15). The highest BCUT2D eigenvalue weighted by Crippen LogP contribution is 2.20. The van der Waals surface area contributed by atoms with Gasteiger partial charge < -0.3 is 10.3 Å². The van der Waals surface area contributed by atoms with Crippen LogP contribution >= 0.6 is 0 Å². The minimum atomic E-state index is 0.768. The van der Waals surface area contributed by atoms with Crippen LogP contribution in [0.2, 0.25) is 0 Å². The van der Waals surface area contributed by atoms with Crippen LogP contribution in [0.5, 0.6) is 0 Å². The third kappa shape index (κ3) is 2.02. The molecule has 0 aliphatic heterocycles. The number of anilines is 1. The van der Waals surface area contributed by atoms with Gasteiger partial charge in [0.05, 0.1) is 24.3 Å². The molecule has 0 radical (unpaired) electrons. The van der Waals surface area contributed by atoms with Gasteiger partial charge in [0, 0.05) is 17.6 Å². The predicted molar refractivity (Wildman–Crippen MR) is 66.6 cm³/mol. The first kappa shape index (κ1) is 10.3. The number of pyridine rings is 1. The van der Waals surface area contributed by atoms with Crippen LogP contribution in [0.1, 0.15) is 29.9 Å². The van der Waals surface area contributed by atoms with Gasteiger partial charge >= 0.3 is 0 Å². The smallest absolute Gasteiger partial charge is 0.0955 e. The Balaban J connectivity index is 1.88. The molecule has 2 aromatic rings. The molecule has 0 saturated carbocycles. The number of aryl methyl sites for hydroxylation is 1. The number of rotatable bonds is 2. The Bertz CT molecular complexity index is 530. The van der Waals surface area contributed by atoms with Crippen LogP contribution in [-0.2, 0) is 19.4 Å². The van der Waals surface area contributed by atoms with E-state index >= 15 is 0 Å². The molecule has 88 valence electrons. The maximum atomic E-state index is 5.76. The first-order valence-electron chi connectivity index (χ1n) is 6.06. The number of nitrogens with two attached hydrogens (primary N) is 1. The molecule has 2 heterocycles. The molecule has 4 heteroatoms. The monoisotopic (exact) mass is 228 g/mol. The van der Waals surface area contributed by atoms with E-state index in [9.17, 15) is 0 Å². The lowest BCUT2D eigenvalue weighted by molar-refractivity contribution is 0.625. The van der Waals surface area contributed by atoms with Crippen LogP contribution in [0.15, 0.2) is 24.7 Å². The summed E-state index contributed by atoms with van der Waals surface area (Å²) < 4.78 is 2.20. The molecule has 1 aliphatic rings. The summed E-state index contributed by atoms with van der Waals surface area (Å²) in [6, 6.07) is 3.74. The van der Waals surface area contributed by atoms with E-state index in [0.29, 0.717) is 0 Å². The molecular weight excluding hydrogens is 212 g/mol. The summed E-state index contributed by atoms with van der Waals surface area (Å²) in [5, 5.41) is 0. The van der Waals surface area contributed by atoms with Gasteiger partial charge in [-0.1, -0.05) is 0 Å². The van der Waals surface area contributed by atoms with Gasteiger partial charge in [0.1, 0.15) is 0 Å². The van der Waals surface area contributed by atoms with Crippen LogP contribution in [0, 0.1) is 0 Å². The summed E-state index contributed by atoms with van der Waals surface area (Å²) >= 11 is 0. The van der Waals surface area contributed by atoms with Crippen molar-refractivity contribution < 1.29 is 0 Å². The highest BCUT2D eigenvalue weighted by Gasteiger charge is 2.15. The van der Waals surface area contributed by atoms with Crippen molar-refractivity contribution in [2.24, 2.45) is 0 Å². The van der Waals surface area contributed by atoms with Gasteiger partial charge in [-0.25, -0.2) is 4.98 Å². The SMILES string of the molecule is Nc1ccnc(Cn2cnc3c2CCCC3)c1. The van der Waals surface area contributed by atoms with Gasteiger partial charge in [-0.2, -0.15) is 0 Å². The van der Waals surface area contributed by atoms with E-state index in [0.717, 1.165) is 30.8 Å². The Morgan fingerprint density at radius 2 is 2.12 bits per heavy atom. The summed E-state index contributed by atoms with van der Waals surface area (Å²) in [5.74, 6) is 0. The molecule has 2 N–H and O–H groups in total. The molecule has 0 atom stereocenters. The molecule has 0 amide bonds. The van der Waals surface area contributed by atoms with Crippen molar-refractivity contribution in [3.63, 3.8) is 0 Å². The summed E-state index contributed by atoms with van der Waals surface area (Å²) in [5.41, 5.74) is 10.2. The number of imidazole rings is 1. The lowest BCUT2D eigenvalue weighted by Crippen LogP contribution is -2.09. The number of nitrogens with zero attached hydrogens (tertiary/aromatic N) is 3. The first-order valence-corrected chi connectivity index (χ1v) is 6.06. The van der Waals surface area contributed by atoms with Crippen molar-refractivity contribution in [1.29, 1.82) is 0 Å². The zero-order valence-electron chi connectivity index (χ0n) is 9.76. The average Bonchev–Trinajstić information content (AvgIpc) is 2.73. The summed E-state index contributed by atoms with van der Waals surface area (Å²) in [6.45, 7) is 0.771.